The maximum Gasteiger partial charge on any atom is 0.303 e. The number of carbonyl (C=O) groups is 1. The third-order valence-electron chi connectivity index (χ3n) is 1.94. The van der Waals surface area contributed by atoms with E-state index in [0.717, 1.165) is 31.7 Å². The Balaban J connectivity index is 1.89. The van der Waals surface area contributed by atoms with Crippen molar-refractivity contribution in [2.45, 2.75) is 25.7 Å². The number of carboxylic acid groups (broad SMARTS) is 1. The predicted octanol–water partition coefficient (Wildman–Crippen LogP) is 2.11. The number of hydrogen-bond acceptors (Lipinski definition) is 3. The van der Waals surface area contributed by atoms with Crippen molar-refractivity contribution >= 4 is 17.7 Å². The molecule has 13 heavy (non-hydrogen) atoms. The predicted molar refractivity (Wildman–Crippen MR) is 54.4 cm³/mol. The van der Waals surface area contributed by atoms with Gasteiger partial charge in [-0.25, -0.2) is 0 Å². The van der Waals surface area contributed by atoms with Crippen LogP contribution in [0.4, 0.5) is 0 Å². The van der Waals surface area contributed by atoms with Crippen LogP contribution in [0.15, 0.2) is 11.6 Å². The molecule has 0 aromatic carbocycles. The first-order valence-corrected chi connectivity index (χ1v) is 5.58. The van der Waals surface area contributed by atoms with E-state index in [1.165, 1.54) is 0 Å². The highest BCUT2D eigenvalue weighted by Gasteiger charge is 2.03. The molecule has 1 N–H and O–H groups in total. The van der Waals surface area contributed by atoms with Crippen molar-refractivity contribution < 1.29 is 9.90 Å². The largest absolute Gasteiger partial charge is 0.481 e. The van der Waals surface area contributed by atoms with Crippen molar-refractivity contribution in [2.24, 2.45) is 0 Å². The van der Waals surface area contributed by atoms with Gasteiger partial charge in [0.15, 0.2) is 0 Å². The SMILES string of the molecule is O=C(O)CCCCCN1C=CSC1. The Bertz CT molecular complexity index is 194. The summed E-state index contributed by atoms with van der Waals surface area (Å²) in [6, 6.07) is 0. The second-order valence-corrected chi connectivity index (χ2v) is 3.96. The molecule has 1 aliphatic rings. The van der Waals surface area contributed by atoms with Gasteiger partial charge >= 0.3 is 5.97 Å². The first-order chi connectivity index (χ1) is 6.29. The van der Waals surface area contributed by atoms with E-state index in [-0.39, 0.29) is 0 Å². The van der Waals surface area contributed by atoms with Crippen molar-refractivity contribution in [1.82, 2.24) is 4.90 Å². The van der Waals surface area contributed by atoms with Gasteiger partial charge in [-0.1, -0.05) is 6.42 Å². The molecule has 0 saturated heterocycles. The smallest absolute Gasteiger partial charge is 0.303 e. The summed E-state index contributed by atoms with van der Waals surface area (Å²) in [6.45, 7) is 1.06. The van der Waals surface area contributed by atoms with E-state index < -0.39 is 5.97 Å². The van der Waals surface area contributed by atoms with Crippen LogP contribution < -0.4 is 0 Å². The molecular weight excluding hydrogens is 186 g/mol. The van der Waals surface area contributed by atoms with Gasteiger partial charge in [-0.05, 0) is 18.2 Å². The topological polar surface area (TPSA) is 40.5 Å². The molecule has 3 nitrogen and oxygen atoms in total. The minimum Gasteiger partial charge on any atom is -0.481 e. The summed E-state index contributed by atoms with van der Waals surface area (Å²) >= 11 is 1.80. The van der Waals surface area contributed by atoms with Gasteiger partial charge in [0.2, 0.25) is 0 Å². The number of thioether (sulfide) groups is 1. The number of nitrogens with zero attached hydrogens (tertiary/aromatic N) is 1. The number of unbranched alkanes of at least 4 members (excludes halogenated alkanes) is 2. The number of carboxylic acids is 1. The van der Waals surface area contributed by atoms with Crippen LogP contribution in [0.5, 0.6) is 0 Å². The third-order valence-corrected chi connectivity index (χ3v) is 2.74. The zero-order valence-electron chi connectivity index (χ0n) is 7.61. The van der Waals surface area contributed by atoms with Crippen molar-refractivity contribution in [1.29, 1.82) is 0 Å². The normalized spacial score (nSPS) is 15.2. The molecule has 0 aromatic heterocycles. The van der Waals surface area contributed by atoms with Crippen molar-refractivity contribution in [3.63, 3.8) is 0 Å². The number of hydrogen-bond donors (Lipinski definition) is 1. The second-order valence-electron chi connectivity index (χ2n) is 3.10. The lowest BCUT2D eigenvalue weighted by Gasteiger charge is -2.13. The summed E-state index contributed by atoms with van der Waals surface area (Å²) in [5, 5.41) is 10.5. The molecule has 0 aliphatic carbocycles. The first kappa shape index (κ1) is 10.4. The van der Waals surface area contributed by atoms with E-state index in [1.807, 2.05) is 0 Å². The van der Waals surface area contributed by atoms with E-state index in [2.05, 4.69) is 16.5 Å². The van der Waals surface area contributed by atoms with Gasteiger partial charge < -0.3 is 10.0 Å². The summed E-state index contributed by atoms with van der Waals surface area (Å²) in [7, 11) is 0. The summed E-state index contributed by atoms with van der Waals surface area (Å²) in [4.78, 5) is 12.4. The molecule has 0 spiro atoms. The van der Waals surface area contributed by atoms with E-state index in [4.69, 9.17) is 5.11 Å². The fourth-order valence-electron chi connectivity index (χ4n) is 1.22. The Hall–Kier alpha value is -0.640. The maximum atomic E-state index is 10.2. The first-order valence-electron chi connectivity index (χ1n) is 4.53. The van der Waals surface area contributed by atoms with Crippen LogP contribution in [0.3, 0.4) is 0 Å². The van der Waals surface area contributed by atoms with Gasteiger partial charge in [0, 0.05) is 19.2 Å². The Morgan fingerprint density at radius 1 is 1.46 bits per heavy atom. The molecule has 0 amide bonds. The summed E-state index contributed by atoms with van der Waals surface area (Å²) in [5.41, 5.74) is 0. The lowest BCUT2D eigenvalue weighted by atomic mass is 10.2. The average Bonchev–Trinajstić information content (AvgIpc) is 2.55. The Morgan fingerprint density at radius 3 is 2.92 bits per heavy atom. The van der Waals surface area contributed by atoms with Gasteiger partial charge in [0.1, 0.15) is 0 Å². The van der Waals surface area contributed by atoms with E-state index in [9.17, 15) is 4.79 Å². The zero-order chi connectivity index (χ0) is 9.52. The highest BCUT2D eigenvalue weighted by molar-refractivity contribution is 8.02. The van der Waals surface area contributed by atoms with Crippen LogP contribution in [-0.2, 0) is 4.79 Å². The van der Waals surface area contributed by atoms with Crippen LogP contribution in [0.1, 0.15) is 25.7 Å². The molecule has 74 valence electrons. The Morgan fingerprint density at radius 2 is 2.31 bits per heavy atom. The molecule has 0 fully saturated rings. The van der Waals surface area contributed by atoms with Crippen LogP contribution in [0, 0.1) is 0 Å². The molecule has 4 heteroatoms. The minimum absolute atomic E-state index is 0.310. The molecule has 0 saturated carbocycles. The molecule has 1 aliphatic heterocycles. The third kappa shape index (κ3) is 4.83. The molecule has 0 unspecified atom stereocenters. The number of aliphatic carboxylic acids is 1. The van der Waals surface area contributed by atoms with E-state index in [1.54, 1.807) is 11.8 Å². The fourth-order valence-corrected chi connectivity index (χ4v) is 1.97. The van der Waals surface area contributed by atoms with Crippen LogP contribution in [0.25, 0.3) is 0 Å². The van der Waals surface area contributed by atoms with Crippen LogP contribution >= 0.6 is 11.8 Å². The Kier molecular flexibility index (Phi) is 4.75. The van der Waals surface area contributed by atoms with E-state index >= 15 is 0 Å². The van der Waals surface area contributed by atoms with Gasteiger partial charge in [-0.3, -0.25) is 4.79 Å². The van der Waals surface area contributed by atoms with Gasteiger partial charge in [-0.15, -0.1) is 11.8 Å². The monoisotopic (exact) mass is 201 g/mol. The Labute approximate surface area is 82.8 Å². The highest BCUT2D eigenvalue weighted by atomic mass is 32.2. The summed E-state index contributed by atoms with van der Waals surface area (Å²) in [5.74, 6) is 0.371. The standard InChI is InChI=1S/C9H15NO2S/c11-9(12)4-2-1-3-5-10-6-7-13-8-10/h6-7H,1-5,8H2,(H,11,12). The number of rotatable bonds is 6. The minimum atomic E-state index is -0.684. The lowest BCUT2D eigenvalue weighted by Crippen LogP contribution is -2.14. The van der Waals surface area contributed by atoms with Crippen molar-refractivity contribution in [3.05, 3.63) is 11.6 Å². The van der Waals surface area contributed by atoms with Gasteiger partial charge in [0.05, 0.1) is 5.88 Å². The molecule has 0 radical (unpaired) electrons. The molecule has 0 atom stereocenters. The summed E-state index contributed by atoms with van der Waals surface area (Å²) in [6.07, 6.45) is 5.33. The molecular formula is C9H15NO2S. The van der Waals surface area contributed by atoms with Crippen LogP contribution in [-0.4, -0.2) is 28.4 Å². The van der Waals surface area contributed by atoms with Gasteiger partial charge in [0.25, 0.3) is 0 Å². The van der Waals surface area contributed by atoms with E-state index in [0.29, 0.717) is 6.42 Å². The lowest BCUT2D eigenvalue weighted by molar-refractivity contribution is -0.137. The fraction of sp³-hybridized carbons (Fsp3) is 0.667. The highest BCUT2D eigenvalue weighted by Crippen LogP contribution is 2.15. The van der Waals surface area contributed by atoms with Gasteiger partial charge in [-0.2, -0.15) is 0 Å². The second kappa shape index (κ2) is 5.91. The van der Waals surface area contributed by atoms with Crippen molar-refractivity contribution in [2.75, 3.05) is 12.4 Å². The molecule has 1 rings (SSSR count). The summed E-state index contributed by atoms with van der Waals surface area (Å²) < 4.78 is 0. The maximum absolute atomic E-state index is 10.2. The quantitative estimate of drug-likeness (QED) is 0.668. The molecule has 1 heterocycles. The zero-order valence-corrected chi connectivity index (χ0v) is 8.42. The molecule has 0 aromatic rings. The van der Waals surface area contributed by atoms with Crippen molar-refractivity contribution in [3.8, 4) is 0 Å². The van der Waals surface area contributed by atoms with Crippen LogP contribution in [0.2, 0.25) is 0 Å². The molecule has 0 bridgehead atoms. The average molecular weight is 201 g/mol.